The van der Waals surface area contributed by atoms with Crippen molar-refractivity contribution in [2.24, 2.45) is 5.92 Å². The van der Waals surface area contributed by atoms with Gasteiger partial charge in [0.1, 0.15) is 0 Å². The van der Waals surface area contributed by atoms with Crippen molar-refractivity contribution in [1.82, 2.24) is 0 Å². The molecule has 1 N–H and O–H groups in total. The third kappa shape index (κ3) is 26.1. The molecule has 0 fully saturated rings. The molecule has 0 heterocycles. The Morgan fingerprint density at radius 1 is 1.50 bits per heavy atom. The Balaban J connectivity index is 0. The second-order valence-corrected chi connectivity index (χ2v) is 5.38. The number of hydrogen-bond acceptors (Lipinski definition) is 1. The zero-order valence-corrected chi connectivity index (χ0v) is 8.96. The summed E-state index contributed by atoms with van der Waals surface area (Å²) in [5.74, 6) is 0.440. The van der Waals surface area contributed by atoms with Gasteiger partial charge in [-0.2, -0.15) is 0 Å². The van der Waals surface area contributed by atoms with Crippen molar-refractivity contribution < 1.29 is 26.0 Å². The first-order valence-electron chi connectivity index (χ1n) is 2.26. The van der Waals surface area contributed by atoms with Gasteiger partial charge in [0.25, 0.3) is 0 Å². The number of hydrogen-bond donors (Lipinski definition) is 1. The molecule has 0 bridgehead atoms. The monoisotopic (exact) mass is 234 g/mol. The Hall–Kier alpha value is 1.42. The number of aliphatic hydroxyl groups excluding tert-OH is 1. The number of aliphatic hydroxyl groups is 1. The molecular formula is C4H10Cl2OZr. The van der Waals surface area contributed by atoms with E-state index in [2.05, 4.69) is 0 Å². The number of halogens is 2. The Morgan fingerprint density at radius 2 is 1.62 bits per heavy atom. The molecule has 0 aliphatic carbocycles. The molecule has 4 heteroatoms. The van der Waals surface area contributed by atoms with Crippen molar-refractivity contribution in [3.63, 3.8) is 0 Å². The van der Waals surface area contributed by atoms with Crippen molar-refractivity contribution >= 4 is 17.0 Å². The van der Waals surface area contributed by atoms with Crippen molar-refractivity contribution in [1.29, 1.82) is 0 Å². The summed E-state index contributed by atoms with van der Waals surface area (Å²) in [6.07, 6.45) is 0. The summed E-state index contributed by atoms with van der Waals surface area (Å²) in [6.45, 7) is 4.25. The van der Waals surface area contributed by atoms with Gasteiger partial charge in [0.15, 0.2) is 0 Å². The summed E-state index contributed by atoms with van der Waals surface area (Å²) in [5, 5.41) is 8.14. The van der Waals surface area contributed by atoms with Gasteiger partial charge in [0.05, 0.1) is 0 Å². The SMILES string of the molecule is CC(C)CO.[Cl][Zr][Cl]. The Labute approximate surface area is 69.0 Å². The van der Waals surface area contributed by atoms with Crippen LogP contribution in [0.25, 0.3) is 0 Å². The maximum absolute atomic E-state index is 8.14. The molecule has 50 valence electrons. The van der Waals surface area contributed by atoms with Crippen LogP contribution < -0.4 is 0 Å². The molecule has 0 aromatic carbocycles. The summed E-state index contributed by atoms with van der Waals surface area (Å²) >= 11 is -0.826. The van der Waals surface area contributed by atoms with E-state index in [1.165, 1.54) is 0 Å². The van der Waals surface area contributed by atoms with Crippen LogP contribution in [0.15, 0.2) is 0 Å². The summed E-state index contributed by atoms with van der Waals surface area (Å²) in [7, 11) is 9.87. The summed E-state index contributed by atoms with van der Waals surface area (Å²) in [5.41, 5.74) is 0. The zero-order chi connectivity index (χ0) is 6.99. The van der Waals surface area contributed by atoms with Crippen molar-refractivity contribution in [2.75, 3.05) is 6.61 Å². The minimum atomic E-state index is -0.826. The normalized spacial score (nSPS) is 7.75. The van der Waals surface area contributed by atoms with Crippen LogP contribution in [0.4, 0.5) is 0 Å². The van der Waals surface area contributed by atoms with Crippen molar-refractivity contribution in [3.05, 3.63) is 0 Å². The molecule has 0 aromatic heterocycles. The van der Waals surface area contributed by atoms with E-state index in [9.17, 15) is 0 Å². The topological polar surface area (TPSA) is 20.2 Å². The maximum atomic E-state index is 8.14. The Kier molecular flexibility index (Phi) is 17.1. The van der Waals surface area contributed by atoms with E-state index in [1.54, 1.807) is 0 Å². The third-order valence-corrected chi connectivity index (χ3v) is 0.365. The summed E-state index contributed by atoms with van der Waals surface area (Å²) in [4.78, 5) is 0. The standard InChI is InChI=1S/C4H10O.2ClH.Zr/c1-4(2)3-5;;;/h4-5H,3H2,1-2H3;2*1H;/q;;;+2/p-2. The van der Waals surface area contributed by atoms with E-state index in [0.717, 1.165) is 0 Å². The molecule has 0 aromatic rings. The number of rotatable bonds is 1. The molecular weight excluding hydrogens is 226 g/mol. The summed E-state index contributed by atoms with van der Waals surface area (Å²) < 4.78 is 0. The predicted octanol–water partition coefficient (Wildman–Crippen LogP) is 2.01. The molecule has 0 atom stereocenters. The molecule has 0 aliphatic heterocycles. The Morgan fingerprint density at radius 3 is 1.62 bits per heavy atom. The van der Waals surface area contributed by atoms with Gasteiger partial charge in [-0.25, -0.2) is 0 Å². The fourth-order valence-corrected chi connectivity index (χ4v) is 0. The van der Waals surface area contributed by atoms with Crippen molar-refractivity contribution in [3.8, 4) is 0 Å². The molecule has 0 rings (SSSR count). The van der Waals surface area contributed by atoms with E-state index >= 15 is 0 Å². The van der Waals surface area contributed by atoms with E-state index in [4.69, 9.17) is 22.1 Å². The minimum absolute atomic E-state index is 0.306. The van der Waals surface area contributed by atoms with Crippen LogP contribution >= 0.6 is 17.0 Å². The first kappa shape index (κ1) is 12.1. The first-order valence-corrected chi connectivity index (χ1v) is 8.59. The molecule has 0 aliphatic rings. The van der Waals surface area contributed by atoms with Crippen LogP contribution in [0.5, 0.6) is 0 Å². The fraction of sp³-hybridized carbons (Fsp3) is 1.00. The van der Waals surface area contributed by atoms with Gasteiger partial charge in [-0.15, -0.1) is 0 Å². The van der Waals surface area contributed by atoms with Gasteiger partial charge in [0.2, 0.25) is 0 Å². The molecule has 0 unspecified atom stereocenters. The van der Waals surface area contributed by atoms with Gasteiger partial charge < -0.3 is 5.11 Å². The third-order valence-electron chi connectivity index (χ3n) is 0.365. The van der Waals surface area contributed by atoms with Gasteiger partial charge in [0, 0.05) is 6.61 Å². The molecule has 0 amide bonds. The van der Waals surface area contributed by atoms with Crippen LogP contribution in [0.3, 0.4) is 0 Å². The average molecular weight is 236 g/mol. The molecule has 0 saturated heterocycles. The second-order valence-electron chi connectivity index (χ2n) is 1.65. The Bertz CT molecular complexity index is 35.2. The van der Waals surface area contributed by atoms with Crippen LogP contribution in [0.2, 0.25) is 0 Å². The van der Waals surface area contributed by atoms with E-state index in [-0.39, 0.29) is 0 Å². The molecule has 0 spiro atoms. The predicted molar refractivity (Wildman–Crippen MR) is 33.6 cm³/mol. The molecule has 0 radical (unpaired) electrons. The van der Waals surface area contributed by atoms with Crippen LogP contribution in [-0.4, -0.2) is 11.7 Å². The van der Waals surface area contributed by atoms with Crippen LogP contribution in [-0.2, 0) is 20.8 Å². The summed E-state index contributed by atoms with van der Waals surface area (Å²) in [6, 6.07) is 0. The van der Waals surface area contributed by atoms with E-state index < -0.39 is 20.8 Å². The van der Waals surface area contributed by atoms with E-state index in [0.29, 0.717) is 12.5 Å². The molecule has 0 saturated carbocycles. The van der Waals surface area contributed by atoms with Crippen molar-refractivity contribution in [2.45, 2.75) is 13.8 Å². The molecule has 1 nitrogen and oxygen atoms in total. The zero-order valence-electron chi connectivity index (χ0n) is 4.99. The average Bonchev–Trinajstić information content (AvgIpc) is 1.69. The van der Waals surface area contributed by atoms with Gasteiger partial charge in [-0.3, -0.25) is 0 Å². The van der Waals surface area contributed by atoms with Crippen LogP contribution in [0.1, 0.15) is 13.8 Å². The quantitative estimate of drug-likeness (QED) is 0.738. The van der Waals surface area contributed by atoms with Gasteiger partial charge >= 0.3 is 37.9 Å². The second kappa shape index (κ2) is 11.3. The van der Waals surface area contributed by atoms with Gasteiger partial charge in [-0.05, 0) is 5.92 Å². The van der Waals surface area contributed by atoms with Crippen LogP contribution in [0, 0.1) is 5.92 Å². The first-order chi connectivity index (χ1) is 3.68. The fourth-order valence-electron chi connectivity index (χ4n) is 0. The molecule has 8 heavy (non-hydrogen) atoms. The van der Waals surface area contributed by atoms with E-state index in [1.807, 2.05) is 13.8 Å². The van der Waals surface area contributed by atoms with Gasteiger partial charge in [-0.1, -0.05) is 13.8 Å².